The van der Waals surface area contributed by atoms with Crippen LogP contribution in [0, 0.1) is 5.92 Å². The summed E-state index contributed by atoms with van der Waals surface area (Å²) in [4.78, 5) is 10.7. The van der Waals surface area contributed by atoms with Gasteiger partial charge in [-0.1, -0.05) is 27.7 Å². The maximum atomic E-state index is 5.43. The Balaban J connectivity index is 0.000000317. The zero-order chi connectivity index (χ0) is 12.8. The molecule has 1 aliphatic rings. The van der Waals surface area contributed by atoms with E-state index < -0.39 is 0 Å². The Bertz CT molecular complexity index is 350. The average molecular weight is 237 g/mol. The van der Waals surface area contributed by atoms with Crippen LogP contribution >= 0.6 is 0 Å². The van der Waals surface area contributed by atoms with Gasteiger partial charge in [-0.2, -0.15) is 0 Å². The Morgan fingerprint density at radius 2 is 2.06 bits per heavy atom. The molecule has 96 valence electrons. The predicted octanol–water partition coefficient (Wildman–Crippen LogP) is 2.53. The van der Waals surface area contributed by atoms with Crippen LogP contribution in [0.3, 0.4) is 0 Å². The van der Waals surface area contributed by atoms with Crippen molar-refractivity contribution in [2.75, 3.05) is 25.1 Å². The summed E-state index contributed by atoms with van der Waals surface area (Å²) in [6.45, 7) is 10.2. The van der Waals surface area contributed by atoms with Gasteiger partial charge in [0, 0.05) is 13.5 Å². The number of aryl methyl sites for hydroxylation is 1. The van der Waals surface area contributed by atoms with Gasteiger partial charge in [-0.15, -0.1) is 0 Å². The van der Waals surface area contributed by atoms with E-state index in [9.17, 15) is 0 Å². The van der Waals surface area contributed by atoms with E-state index in [0.717, 1.165) is 42.9 Å². The van der Waals surface area contributed by atoms with E-state index in [4.69, 9.17) is 4.74 Å². The fraction of sp³-hybridized carbons (Fsp3) is 0.692. The second-order valence-electron chi connectivity index (χ2n) is 4.83. The highest BCUT2D eigenvalue weighted by Gasteiger charge is 2.16. The zero-order valence-corrected chi connectivity index (χ0v) is 11.5. The van der Waals surface area contributed by atoms with Crippen LogP contribution in [0.5, 0.6) is 5.75 Å². The Labute approximate surface area is 104 Å². The summed E-state index contributed by atoms with van der Waals surface area (Å²) in [6.07, 6.45) is 2.62. The molecule has 1 aliphatic heterocycles. The van der Waals surface area contributed by atoms with E-state index in [0.29, 0.717) is 0 Å². The van der Waals surface area contributed by atoms with E-state index in [2.05, 4.69) is 35.6 Å². The molecule has 0 radical (unpaired) electrons. The molecule has 4 heteroatoms. The maximum absolute atomic E-state index is 5.43. The maximum Gasteiger partial charge on any atom is 0.180 e. The Morgan fingerprint density at radius 1 is 1.41 bits per heavy atom. The first-order chi connectivity index (χ1) is 8.04. The third-order valence-electron chi connectivity index (χ3n) is 2.15. The molecule has 0 N–H and O–H groups in total. The molecule has 4 nitrogen and oxygen atoms in total. The van der Waals surface area contributed by atoms with Gasteiger partial charge in [-0.05, 0) is 5.92 Å². The molecule has 17 heavy (non-hydrogen) atoms. The van der Waals surface area contributed by atoms with E-state index in [1.165, 1.54) is 0 Å². The monoisotopic (exact) mass is 237 g/mol. The van der Waals surface area contributed by atoms with Crippen LogP contribution in [0.2, 0.25) is 0 Å². The van der Waals surface area contributed by atoms with Crippen LogP contribution in [0.25, 0.3) is 0 Å². The fourth-order valence-corrected chi connectivity index (χ4v) is 1.34. The summed E-state index contributed by atoms with van der Waals surface area (Å²) in [5.74, 6) is 3.42. The number of hydrogen-bond donors (Lipinski definition) is 0. The van der Waals surface area contributed by atoms with Crippen LogP contribution < -0.4 is 9.64 Å². The van der Waals surface area contributed by atoms with Crippen LogP contribution in [-0.2, 0) is 6.42 Å². The van der Waals surface area contributed by atoms with Crippen molar-refractivity contribution in [2.24, 2.45) is 5.92 Å². The molecule has 0 saturated carbocycles. The summed E-state index contributed by atoms with van der Waals surface area (Å²) in [6, 6.07) is 0. The number of rotatable bonds is 1. The highest BCUT2D eigenvalue weighted by molar-refractivity contribution is 5.52. The summed E-state index contributed by atoms with van der Waals surface area (Å²) < 4.78 is 5.43. The molecule has 0 bridgehead atoms. The highest BCUT2D eigenvalue weighted by Crippen LogP contribution is 2.26. The first kappa shape index (κ1) is 13.7. The SMILES string of the molecule is CC(C)C.CCc1ncc2c(n1)N(C)CCO2. The minimum Gasteiger partial charge on any atom is -0.486 e. The number of likely N-dealkylation sites (N-methyl/N-ethyl adjacent to an activating group) is 1. The Kier molecular flexibility index (Phi) is 5.19. The number of fused-ring (bicyclic) bond motifs is 1. The summed E-state index contributed by atoms with van der Waals surface area (Å²) in [7, 11) is 2.02. The van der Waals surface area contributed by atoms with Gasteiger partial charge in [-0.3, -0.25) is 0 Å². The van der Waals surface area contributed by atoms with Crippen LogP contribution in [0.4, 0.5) is 5.82 Å². The minimum atomic E-state index is 0.721. The van der Waals surface area contributed by atoms with Crippen molar-refractivity contribution in [3.63, 3.8) is 0 Å². The van der Waals surface area contributed by atoms with Gasteiger partial charge in [0.15, 0.2) is 11.6 Å². The predicted molar refractivity (Wildman–Crippen MR) is 70.7 cm³/mol. The number of hydrogen-bond acceptors (Lipinski definition) is 4. The molecule has 2 rings (SSSR count). The number of nitrogens with zero attached hydrogens (tertiary/aromatic N) is 3. The van der Waals surface area contributed by atoms with Crippen molar-refractivity contribution in [1.82, 2.24) is 9.97 Å². The molecule has 0 fully saturated rings. The van der Waals surface area contributed by atoms with Crippen molar-refractivity contribution >= 4 is 5.82 Å². The normalized spacial score (nSPS) is 13.6. The van der Waals surface area contributed by atoms with Crippen LogP contribution in [0.15, 0.2) is 6.20 Å². The largest absolute Gasteiger partial charge is 0.486 e. The highest BCUT2D eigenvalue weighted by atomic mass is 16.5. The summed E-state index contributed by atoms with van der Waals surface area (Å²) in [5.41, 5.74) is 0. The molecule has 0 saturated heterocycles. The van der Waals surface area contributed by atoms with Gasteiger partial charge in [0.1, 0.15) is 12.4 Å². The third kappa shape index (κ3) is 4.21. The molecule has 0 unspecified atom stereocenters. The van der Waals surface area contributed by atoms with Crippen LogP contribution in [-0.4, -0.2) is 30.2 Å². The molecular weight excluding hydrogens is 214 g/mol. The van der Waals surface area contributed by atoms with Gasteiger partial charge in [0.05, 0.1) is 12.7 Å². The van der Waals surface area contributed by atoms with E-state index in [-0.39, 0.29) is 0 Å². The molecule has 2 heterocycles. The standard InChI is InChI=1S/C9H13N3O.C4H10/c1-3-8-10-6-7-9(11-8)12(2)4-5-13-7;1-4(2)3/h6H,3-5H2,1-2H3;4H,1-3H3. The van der Waals surface area contributed by atoms with Gasteiger partial charge in [0.25, 0.3) is 0 Å². The molecule has 0 amide bonds. The second-order valence-corrected chi connectivity index (χ2v) is 4.83. The molecular formula is C13H23N3O. The van der Waals surface area contributed by atoms with Gasteiger partial charge in [0.2, 0.25) is 0 Å². The lowest BCUT2D eigenvalue weighted by atomic mass is 10.3. The van der Waals surface area contributed by atoms with Gasteiger partial charge in [-0.25, -0.2) is 9.97 Å². The molecule has 0 spiro atoms. The molecule has 1 aromatic rings. The minimum absolute atomic E-state index is 0.721. The summed E-state index contributed by atoms with van der Waals surface area (Å²) >= 11 is 0. The van der Waals surface area contributed by atoms with Crippen molar-refractivity contribution in [2.45, 2.75) is 34.1 Å². The third-order valence-corrected chi connectivity index (χ3v) is 2.15. The Hall–Kier alpha value is -1.32. The van der Waals surface area contributed by atoms with Crippen molar-refractivity contribution in [3.05, 3.63) is 12.0 Å². The summed E-state index contributed by atoms with van der Waals surface area (Å²) in [5, 5.41) is 0. The molecule has 0 aliphatic carbocycles. The first-order valence-electron chi connectivity index (χ1n) is 6.24. The number of anilines is 1. The first-order valence-corrected chi connectivity index (χ1v) is 6.24. The molecule has 1 aromatic heterocycles. The average Bonchev–Trinajstić information content (AvgIpc) is 2.28. The smallest absolute Gasteiger partial charge is 0.180 e. The van der Waals surface area contributed by atoms with Crippen molar-refractivity contribution < 1.29 is 4.74 Å². The lowest BCUT2D eigenvalue weighted by molar-refractivity contribution is 0.307. The number of ether oxygens (including phenoxy) is 1. The quantitative estimate of drug-likeness (QED) is 0.752. The van der Waals surface area contributed by atoms with E-state index in [1.54, 1.807) is 6.20 Å². The van der Waals surface area contributed by atoms with E-state index >= 15 is 0 Å². The van der Waals surface area contributed by atoms with Crippen molar-refractivity contribution in [1.29, 1.82) is 0 Å². The Morgan fingerprint density at radius 3 is 2.65 bits per heavy atom. The lowest BCUT2D eigenvalue weighted by Gasteiger charge is -2.26. The fourth-order valence-electron chi connectivity index (χ4n) is 1.34. The van der Waals surface area contributed by atoms with Crippen LogP contribution in [0.1, 0.15) is 33.5 Å². The second kappa shape index (κ2) is 6.42. The molecule has 0 atom stereocenters. The number of aromatic nitrogens is 2. The van der Waals surface area contributed by atoms with Gasteiger partial charge < -0.3 is 9.64 Å². The lowest BCUT2D eigenvalue weighted by Crippen LogP contribution is -2.30. The van der Waals surface area contributed by atoms with Gasteiger partial charge >= 0.3 is 0 Å². The topological polar surface area (TPSA) is 38.2 Å². The molecule has 0 aromatic carbocycles. The van der Waals surface area contributed by atoms with E-state index in [1.807, 2.05) is 14.0 Å². The van der Waals surface area contributed by atoms with Crippen molar-refractivity contribution in [3.8, 4) is 5.75 Å². The zero-order valence-electron chi connectivity index (χ0n) is 11.5.